The van der Waals surface area contributed by atoms with E-state index in [2.05, 4.69) is 212 Å². The second kappa shape index (κ2) is 17.5. The van der Waals surface area contributed by atoms with E-state index in [9.17, 15) is 0 Å². The van der Waals surface area contributed by atoms with Crippen LogP contribution in [0, 0.1) is 60.3 Å². The molecule has 0 atom stereocenters. The van der Waals surface area contributed by atoms with Gasteiger partial charge in [0.25, 0.3) is 0 Å². The third kappa shape index (κ3) is 8.32. The minimum atomic E-state index is -0.105. The smallest absolute Gasteiger partial charge is 0.135 e. The Balaban J connectivity index is 0.00000578. The number of nitrogens with zero attached hydrogens (tertiary/aromatic N) is 5. The maximum Gasteiger partial charge on any atom is 0.135 e. The average Bonchev–Trinajstić information content (AvgIpc) is 3.81. The molecule has 0 spiro atoms. The normalized spacial score (nSPS) is 12.8. The Hall–Kier alpha value is -6.49. The molecule has 6 nitrogen and oxygen atoms in total. The van der Waals surface area contributed by atoms with Gasteiger partial charge in [0.05, 0.1) is 5.69 Å². The molecule has 0 N–H and O–H groups in total. The van der Waals surface area contributed by atoms with Crippen LogP contribution in [0.25, 0.3) is 49.9 Å². The van der Waals surface area contributed by atoms with E-state index in [-0.39, 0.29) is 31.9 Å². The zero-order chi connectivity index (χ0) is 47.1. The summed E-state index contributed by atoms with van der Waals surface area (Å²) in [6, 6.07) is 46.5. The van der Waals surface area contributed by atoms with Gasteiger partial charge in [0.1, 0.15) is 5.82 Å². The SMILES string of the molecule is Cc1cc(C)c(-c2cc(C(C)(C)C)cc(-c3c(C)cc(C)cc3C)c2N2[CH-]N(c3[c-]c(Oc4[c-]c5c(cc4)c4ccccc4n5-c4cc(C(C)(C)C)ccn4)ccc3)c3cnccc32)c(C)c1.[Pt]. The van der Waals surface area contributed by atoms with Crippen LogP contribution in [0.1, 0.15) is 86.1 Å². The van der Waals surface area contributed by atoms with Gasteiger partial charge in [-0.3, -0.25) is 4.98 Å². The van der Waals surface area contributed by atoms with E-state index < -0.39 is 0 Å². The van der Waals surface area contributed by atoms with Crippen LogP contribution < -0.4 is 14.5 Å². The van der Waals surface area contributed by atoms with Crippen LogP contribution in [0.3, 0.4) is 0 Å². The van der Waals surface area contributed by atoms with Crippen molar-refractivity contribution < 1.29 is 25.8 Å². The van der Waals surface area contributed by atoms with E-state index in [1.165, 1.54) is 66.8 Å². The van der Waals surface area contributed by atoms with Crippen LogP contribution in [-0.4, -0.2) is 14.5 Å². The first kappa shape index (κ1) is 46.6. The van der Waals surface area contributed by atoms with Crippen LogP contribution in [0.2, 0.25) is 0 Å². The van der Waals surface area contributed by atoms with Crippen molar-refractivity contribution in [2.24, 2.45) is 0 Å². The number of ether oxygens (including phenoxy) is 1. The summed E-state index contributed by atoms with van der Waals surface area (Å²) in [6.07, 6.45) is 5.74. The van der Waals surface area contributed by atoms with Gasteiger partial charge in [-0.1, -0.05) is 101 Å². The Morgan fingerprint density at radius 3 is 1.81 bits per heavy atom. The van der Waals surface area contributed by atoms with Gasteiger partial charge in [0, 0.05) is 79.2 Å². The standard InChI is InChI=1S/C61H58N5O.Pt/c1-37-26-39(3)57(40(4)27-37)50-30-44(61(10,11)12)31-51(58-41(5)28-38(2)29-42(58)6)59(50)65-36-64(55-35-62-24-23-53(55)65)45-16-15-17-46(33-45)67-47-20-21-49-48-18-13-14-19-52(48)66(54(49)34-47)56-32-43(22-25-63-56)60(7,8)9;/h13-32,35-36H,1-12H3;/q-3;. The Kier molecular flexibility index (Phi) is 12.0. The van der Waals surface area contributed by atoms with E-state index in [1.807, 2.05) is 36.8 Å². The van der Waals surface area contributed by atoms with E-state index in [0.29, 0.717) is 11.5 Å². The number of aryl methyl sites for hydroxylation is 6. The van der Waals surface area contributed by atoms with Crippen LogP contribution in [0.5, 0.6) is 11.5 Å². The zero-order valence-electron chi connectivity index (χ0n) is 41.2. The molecule has 6 aromatic carbocycles. The minimum absolute atomic E-state index is 0. The fourth-order valence-electron chi connectivity index (χ4n) is 10.2. The van der Waals surface area contributed by atoms with Crippen LogP contribution >= 0.6 is 0 Å². The van der Waals surface area contributed by atoms with Crippen molar-refractivity contribution in [1.82, 2.24) is 14.5 Å². The van der Waals surface area contributed by atoms with Crippen LogP contribution in [-0.2, 0) is 31.9 Å². The first-order valence-corrected chi connectivity index (χ1v) is 23.3. The number of hydrogen-bond donors (Lipinski definition) is 0. The monoisotopic (exact) mass is 1070 g/mol. The molecular formula is C61H58N5OPt-3. The molecule has 0 saturated carbocycles. The van der Waals surface area contributed by atoms with Crippen molar-refractivity contribution in [3.05, 3.63) is 191 Å². The first-order chi connectivity index (χ1) is 31.9. The van der Waals surface area contributed by atoms with Gasteiger partial charge in [0.15, 0.2) is 0 Å². The van der Waals surface area contributed by atoms with Crippen molar-refractivity contribution >= 4 is 44.6 Å². The molecule has 68 heavy (non-hydrogen) atoms. The molecule has 0 aliphatic carbocycles. The van der Waals surface area contributed by atoms with Gasteiger partial charge < -0.3 is 19.1 Å². The number of hydrogen-bond acceptors (Lipinski definition) is 5. The second-order valence-electron chi connectivity index (χ2n) is 20.5. The summed E-state index contributed by atoms with van der Waals surface area (Å²) in [5.41, 5.74) is 20.7. The topological polar surface area (TPSA) is 46.4 Å². The largest absolute Gasteiger partial charge is 0.509 e. The molecule has 10 rings (SSSR count). The van der Waals surface area contributed by atoms with E-state index in [1.54, 1.807) is 0 Å². The minimum Gasteiger partial charge on any atom is -0.509 e. The summed E-state index contributed by atoms with van der Waals surface area (Å²) in [4.78, 5) is 14.1. The van der Waals surface area contributed by atoms with Crippen molar-refractivity contribution in [3.8, 4) is 39.6 Å². The molecule has 0 unspecified atom stereocenters. The van der Waals surface area contributed by atoms with Gasteiger partial charge in [-0.2, -0.15) is 12.1 Å². The Morgan fingerprint density at radius 1 is 0.559 bits per heavy atom. The molecular weight excluding hydrogens is 1010 g/mol. The molecule has 0 radical (unpaired) electrons. The molecule has 1 aliphatic rings. The van der Waals surface area contributed by atoms with Gasteiger partial charge in [-0.05, 0) is 139 Å². The molecule has 4 heterocycles. The molecule has 346 valence electrons. The van der Waals surface area contributed by atoms with Gasteiger partial charge in [-0.15, -0.1) is 48.1 Å². The summed E-state index contributed by atoms with van der Waals surface area (Å²) in [5.74, 6) is 2.02. The van der Waals surface area contributed by atoms with Gasteiger partial charge in [-0.25, -0.2) is 4.98 Å². The van der Waals surface area contributed by atoms with Gasteiger partial charge in [0.2, 0.25) is 0 Å². The molecule has 0 saturated heterocycles. The number of fused-ring (bicyclic) bond motifs is 4. The van der Waals surface area contributed by atoms with Crippen molar-refractivity contribution in [2.45, 2.75) is 93.9 Å². The van der Waals surface area contributed by atoms with Crippen LogP contribution in [0.4, 0.5) is 22.7 Å². The Labute approximate surface area is 416 Å². The number of rotatable bonds is 7. The molecule has 1 aliphatic heterocycles. The second-order valence-corrected chi connectivity index (χ2v) is 20.5. The Morgan fingerprint density at radius 2 is 1.18 bits per heavy atom. The third-order valence-electron chi connectivity index (χ3n) is 13.3. The summed E-state index contributed by atoms with van der Waals surface area (Å²) in [5, 5.41) is 2.22. The quantitative estimate of drug-likeness (QED) is 0.149. The van der Waals surface area contributed by atoms with E-state index in [0.717, 1.165) is 50.4 Å². The number of aromatic nitrogens is 3. The summed E-state index contributed by atoms with van der Waals surface area (Å²) >= 11 is 0. The molecule has 0 fully saturated rings. The third-order valence-corrected chi connectivity index (χ3v) is 13.3. The molecule has 0 amide bonds. The number of benzene rings is 6. The van der Waals surface area contributed by atoms with Crippen molar-refractivity contribution in [1.29, 1.82) is 0 Å². The fourth-order valence-corrected chi connectivity index (χ4v) is 10.2. The van der Waals surface area contributed by atoms with Crippen LogP contribution in [0.15, 0.2) is 128 Å². The van der Waals surface area contributed by atoms with E-state index >= 15 is 0 Å². The fraction of sp³-hybridized carbons (Fsp3) is 0.230. The van der Waals surface area contributed by atoms with Crippen molar-refractivity contribution in [3.63, 3.8) is 0 Å². The van der Waals surface area contributed by atoms with E-state index in [4.69, 9.17) is 9.72 Å². The first-order valence-electron chi connectivity index (χ1n) is 23.3. The number of para-hydroxylation sites is 1. The number of pyridine rings is 2. The summed E-state index contributed by atoms with van der Waals surface area (Å²) < 4.78 is 8.90. The molecule has 7 heteroatoms. The molecule has 0 bridgehead atoms. The zero-order valence-corrected chi connectivity index (χ0v) is 43.4. The Bertz CT molecular complexity index is 3300. The predicted molar refractivity (Wildman–Crippen MR) is 279 cm³/mol. The summed E-state index contributed by atoms with van der Waals surface area (Å²) in [6.45, 7) is 29.2. The number of anilines is 4. The predicted octanol–water partition coefficient (Wildman–Crippen LogP) is 16.2. The van der Waals surface area contributed by atoms with Crippen molar-refractivity contribution in [2.75, 3.05) is 9.80 Å². The molecule has 9 aromatic rings. The van der Waals surface area contributed by atoms with Gasteiger partial charge >= 0.3 is 0 Å². The average molecular weight is 1070 g/mol. The summed E-state index contributed by atoms with van der Waals surface area (Å²) in [7, 11) is 0. The maximum absolute atomic E-state index is 6.71. The maximum atomic E-state index is 6.71. The molecule has 3 aromatic heterocycles.